The van der Waals surface area contributed by atoms with Crippen molar-refractivity contribution in [3.8, 4) is 40.2 Å². The van der Waals surface area contributed by atoms with Gasteiger partial charge in [0, 0.05) is 23.8 Å². The molecule has 0 aliphatic heterocycles. The van der Waals surface area contributed by atoms with Gasteiger partial charge in [0.15, 0.2) is 11.6 Å². The van der Waals surface area contributed by atoms with Gasteiger partial charge in [0.25, 0.3) is 0 Å². The number of aryl methyl sites for hydroxylation is 2. The number of rotatable bonds is 12. The molecular formula is C41H38O9. The molecule has 5 rings (SSSR count). The summed E-state index contributed by atoms with van der Waals surface area (Å²) in [6, 6.07) is 29.4. The first-order chi connectivity index (χ1) is 24.1. The molecule has 0 aliphatic rings. The summed E-state index contributed by atoms with van der Waals surface area (Å²) in [5, 5.41) is 38.5. The van der Waals surface area contributed by atoms with Gasteiger partial charge in [0.1, 0.15) is 45.8 Å². The van der Waals surface area contributed by atoms with Crippen molar-refractivity contribution in [2.75, 3.05) is 21.3 Å². The number of allylic oxidation sites excluding steroid dienone is 2. The highest BCUT2D eigenvalue weighted by Gasteiger charge is 2.17. The predicted octanol–water partition coefficient (Wildman–Crippen LogP) is 7.80. The molecule has 0 saturated heterocycles. The highest BCUT2D eigenvalue weighted by atomic mass is 16.5. The van der Waals surface area contributed by atoms with Crippen LogP contribution in [0.3, 0.4) is 0 Å². The quantitative estimate of drug-likeness (QED) is 0.0770. The van der Waals surface area contributed by atoms with Crippen LogP contribution in [0, 0.1) is 0 Å². The SMILES string of the molecule is COc1cc(O)c(C(=O)/C=C/c2ccc(CCc3ccccc3)c(OC)c2)c(OC)c1.O=C(/C=C/c1ccccc1O)c1ccc(O)cc1O. The van der Waals surface area contributed by atoms with Crippen LogP contribution >= 0.6 is 0 Å². The van der Waals surface area contributed by atoms with Crippen molar-refractivity contribution in [2.24, 2.45) is 0 Å². The fourth-order valence-electron chi connectivity index (χ4n) is 4.97. The number of ether oxygens (including phenoxy) is 3. The minimum Gasteiger partial charge on any atom is -0.508 e. The van der Waals surface area contributed by atoms with E-state index < -0.39 is 5.78 Å². The molecule has 0 spiro atoms. The van der Waals surface area contributed by atoms with E-state index in [0.717, 1.165) is 35.8 Å². The number of phenolic OH excluding ortho intramolecular Hbond substituents is 4. The number of carbonyl (C=O) groups is 2. The Morgan fingerprint density at radius 1 is 0.600 bits per heavy atom. The second kappa shape index (κ2) is 17.6. The first-order valence-electron chi connectivity index (χ1n) is 15.5. The summed E-state index contributed by atoms with van der Waals surface area (Å²) in [7, 11) is 4.56. The second-order valence-electron chi connectivity index (χ2n) is 10.9. The van der Waals surface area contributed by atoms with Gasteiger partial charge in [-0.25, -0.2) is 0 Å². The van der Waals surface area contributed by atoms with Crippen molar-refractivity contribution >= 4 is 23.7 Å². The highest BCUT2D eigenvalue weighted by molar-refractivity contribution is 6.10. The zero-order chi connectivity index (χ0) is 36.0. The average Bonchev–Trinajstić information content (AvgIpc) is 3.12. The molecule has 0 bridgehead atoms. The molecule has 9 nitrogen and oxygen atoms in total. The van der Waals surface area contributed by atoms with Crippen molar-refractivity contribution in [1.82, 2.24) is 0 Å². The number of methoxy groups -OCH3 is 3. The van der Waals surface area contributed by atoms with Crippen molar-refractivity contribution < 1.29 is 44.2 Å². The third kappa shape index (κ3) is 9.77. The number of carbonyl (C=O) groups excluding carboxylic acids is 2. The molecule has 0 radical (unpaired) electrons. The van der Waals surface area contributed by atoms with Crippen LogP contribution in [0.5, 0.6) is 40.2 Å². The Bertz CT molecular complexity index is 2000. The molecule has 5 aromatic carbocycles. The summed E-state index contributed by atoms with van der Waals surface area (Å²) < 4.78 is 15.9. The van der Waals surface area contributed by atoms with Crippen LogP contribution in [0.2, 0.25) is 0 Å². The van der Waals surface area contributed by atoms with Crippen molar-refractivity contribution in [3.63, 3.8) is 0 Å². The standard InChI is InChI=1S/C26H26O5.C15H12O4/c1-29-21-16-23(28)26(25(17-21)31-3)22(27)14-11-19-10-13-20(24(15-19)30-2)12-9-18-7-5-4-6-8-18;16-11-6-7-12(15(19)9-11)14(18)8-5-10-3-1-2-4-13(10)17/h4-8,10-11,13-17,28H,9,12H2,1-3H3;1-9,16-17,19H/b14-11+;8-5+. The lowest BCUT2D eigenvalue weighted by Crippen LogP contribution is -2.00. The van der Waals surface area contributed by atoms with E-state index in [0.29, 0.717) is 11.3 Å². The fourth-order valence-corrected chi connectivity index (χ4v) is 4.97. The first kappa shape index (κ1) is 36.4. The minimum absolute atomic E-state index is 0.0708. The van der Waals surface area contributed by atoms with Gasteiger partial charge >= 0.3 is 0 Å². The summed E-state index contributed by atoms with van der Waals surface area (Å²) >= 11 is 0. The molecule has 0 saturated carbocycles. The summed E-state index contributed by atoms with van der Waals surface area (Å²) in [6.45, 7) is 0. The predicted molar refractivity (Wildman–Crippen MR) is 193 cm³/mol. The van der Waals surface area contributed by atoms with Crippen molar-refractivity contribution in [3.05, 3.63) is 149 Å². The molecule has 0 unspecified atom stereocenters. The number of para-hydroxylation sites is 1. The molecule has 9 heteroatoms. The van der Waals surface area contributed by atoms with Crippen LogP contribution in [0.4, 0.5) is 0 Å². The lowest BCUT2D eigenvalue weighted by atomic mass is 10.0. The van der Waals surface area contributed by atoms with E-state index in [1.54, 1.807) is 37.5 Å². The third-order valence-corrected chi connectivity index (χ3v) is 7.62. The maximum Gasteiger partial charge on any atom is 0.193 e. The van der Waals surface area contributed by atoms with Crippen LogP contribution in [0.1, 0.15) is 43.0 Å². The topological polar surface area (TPSA) is 143 Å². The molecule has 50 heavy (non-hydrogen) atoms. The largest absolute Gasteiger partial charge is 0.508 e. The zero-order valence-corrected chi connectivity index (χ0v) is 27.9. The Balaban J connectivity index is 0.000000252. The smallest absolute Gasteiger partial charge is 0.193 e. The molecule has 0 atom stereocenters. The molecule has 0 aromatic heterocycles. The van der Waals surface area contributed by atoms with Gasteiger partial charge in [-0.05, 0) is 72.0 Å². The minimum atomic E-state index is -0.416. The van der Waals surface area contributed by atoms with Crippen LogP contribution in [0.15, 0.2) is 115 Å². The maximum absolute atomic E-state index is 12.7. The first-order valence-corrected chi connectivity index (χ1v) is 15.5. The summed E-state index contributed by atoms with van der Waals surface area (Å²) in [6.07, 6.45) is 7.58. The van der Waals surface area contributed by atoms with Crippen LogP contribution in [-0.2, 0) is 12.8 Å². The Morgan fingerprint density at radius 2 is 1.30 bits per heavy atom. The molecule has 0 heterocycles. The Hall–Kier alpha value is -6.48. The normalized spacial score (nSPS) is 10.8. The lowest BCUT2D eigenvalue weighted by Gasteiger charge is -2.11. The van der Waals surface area contributed by atoms with E-state index in [-0.39, 0.29) is 45.7 Å². The van der Waals surface area contributed by atoms with Gasteiger partial charge in [-0.3, -0.25) is 9.59 Å². The molecule has 5 aromatic rings. The fraction of sp³-hybridized carbons (Fsp3) is 0.122. The number of aromatic hydroxyl groups is 4. The van der Waals surface area contributed by atoms with Crippen LogP contribution in [0.25, 0.3) is 12.2 Å². The molecule has 0 fully saturated rings. The van der Waals surface area contributed by atoms with E-state index in [1.165, 1.54) is 62.3 Å². The summed E-state index contributed by atoms with van der Waals surface area (Å²) in [4.78, 5) is 24.6. The molecule has 4 N–H and O–H groups in total. The van der Waals surface area contributed by atoms with E-state index >= 15 is 0 Å². The number of hydrogen-bond donors (Lipinski definition) is 4. The number of hydrogen-bond acceptors (Lipinski definition) is 9. The van der Waals surface area contributed by atoms with E-state index in [4.69, 9.17) is 19.3 Å². The zero-order valence-electron chi connectivity index (χ0n) is 27.9. The van der Waals surface area contributed by atoms with Crippen LogP contribution < -0.4 is 14.2 Å². The monoisotopic (exact) mass is 674 g/mol. The number of benzene rings is 5. The Labute approximate surface area is 290 Å². The number of ketones is 2. The van der Waals surface area contributed by atoms with Gasteiger partial charge in [0.2, 0.25) is 0 Å². The van der Waals surface area contributed by atoms with Crippen molar-refractivity contribution in [1.29, 1.82) is 0 Å². The lowest BCUT2D eigenvalue weighted by molar-refractivity contribution is 0.103. The van der Waals surface area contributed by atoms with Gasteiger partial charge in [-0.1, -0.05) is 66.7 Å². The van der Waals surface area contributed by atoms with Gasteiger partial charge < -0.3 is 34.6 Å². The van der Waals surface area contributed by atoms with Crippen molar-refractivity contribution in [2.45, 2.75) is 12.8 Å². The summed E-state index contributed by atoms with van der Waals surface area (Å²) in [5.41, 5.74) is 3.88. The number of phenols is 4. The third-order valence-electron chi connectivity index (χ3n) is 7.62. The maximum atomic E-state index is 12.7. The molecule has 256 valence electrons. The van der Waals surface area contributed by atoms with Crippen LogP contribution in [-0.4, -0.2) is 53.3 Å². The molecular weight excluding hydrogens is 636 g/mol. The van der Waals surface area contributed by atoms with Gasteiger partial charge in [-0.2, -0.15) is 0 Å². The van der Waals surface area contributed by atoms with Gasteiger partial charge in [0.05, 0.1) is 26.9 Å². The van der Waals surface area contributed by atoms with E-state index in [2.05, 4.69) is 12.1 Å². The Kier molecular flexibility index (Phi) is 12.8. The molecule has 0 aliphatic carbocycles. The van der Waals surface area contributed by atoms with Gasteiger partial charge in [-0.15, -0.1) is 0 Å². The highest BCUT2D eigenvalue weighted by Crippen LogP contribution is 2.34. The summed E-state index contributed by atoms with van der Waals surface area (Å²) in [5.74, 6) is 0.123. The average molecular weight is 675 g/mol. The van der Waals surface area contributed by atoms with E-state index in [1.807, 2.05) is 36.4 Å². The second-order valence-corrected chi connectivity index (χ2v) is 10.9. The Morgan fingerprint density at radius 3 is 1.98 bits per heavy atom. The van der Waals surface area contributed by atoms with E-state index in [9.17, 15) is 24.9 Å². The molecule has 0 amide bonds.